The molecule has 0 bridgehead atoms. The van der Waals surface area contributed by atoms with E-state index in [0.717, 1.165) is 56.4 Å². The zero-order valence-electron chi connectivity index (χ0n) is 22.2. The van der Waals surface area contributed by atoms with Crippen LogP contribution in [0.1, 0.15) is 30.4 Å². The van der Waals surface area contributed by atoms with Gasteiger partial charge in [-0.15, -0.1) is 0 Å². The fourth-order valence-electron chi connectivity index (χ4n) is 5.84. The molecule has 8 heteroatoms. The molecule has 4 N–H and O–H groups in total. The Labute approximate surface area is 231 Å². The summed E-state index contributed by atoms with van der Waals surface area (Å²) in [6, 6.07) is 22.4. The lowest BCUT2D eigenvalue weighted by atomic mass is 10.0. The molecule has 0 aliphatic carbocycles. The van der Waals surface area contributed by atoms with E-state index in [1.807, 2.05) is 36.5 Å². The van der Waals surface area contributed by atoms with Crippen molar-refractivity contribution in [3.05, 3.63) is 101 Å². The van der Waals surface area contributed by atoms with Crippen LogP contribution in [0.4, 0.5) is 5.82 Å². The van der Waals surface area contributed by atoms with E-state index in [4.69, 9.17) is 5.73 Å². The number of rotatable bonds is 6. The van der Waals surface area contributed by atoms with Crippen LogP contribution in [0.15, 0.2) is 83.9 Å². The van der Waals surface area contributed by atoms with E-state index in [1.165, 1.54) is 37.9 Å². The summed E-state index contributed by atoms with van der Waals surface area (Å²) in [5, 5.41) is 8.92. The Bertz CT molecular complexity index is 1890. The van der Waals surface area contributed by atoms with Gasteiger partial charge in [0.1, 0.15) is 5.65 Å². The van der Waals surface area contributed by atoms with E-state index in [2.05, 4.69) is 55.4 Å². The van der Waals surface area contributed by atoms with Gasteiger partial charge in [0, 0.05) is 47.0 Å². The summed E-state index contributed by atoms with van der Waals surface area (Å²) in [5.74, 6) is 0.478. The molecule has 0 radical (unpaired) electrons. The Kier molecular flexibility index (Phi) is 6.17. The Morgan fingerprint density at radius 1 is 0.850 bits per heavy atom. The lowest BCUT2D eigenvalue weighted by Crippen LogP contribution is -2.29. The van der Waals surface area contributed by atoms with Crippen LogP contribution in [-0.2, 0) is 13.1 Å². The number of aromatic amines is 2. The van der Waals surface area contributed by atoms with Crippen molar-refractivity contribution in [2.75, 3.05) is 18.8 Å². The normalized spacial score (nSPS) is 14.3. The summed E-state index contributed by atoms with van der Waals surface area (Å²) in [6.07, 6.45) is 7.57. The van der Waals surface area contributed by atoms with Crippen LogP contribution in [0, 0.1) is 0 Å². The fourth-order valence-corrected chi connectivity index (χ4v) is 5.84. The number of piperidine rings is 1. The van der Waals surface area contributed by atoms with Crippen molar-refractivity contribution in [2.24, 2.45) is 0 Å². The number of pyridine rings is 2. The van der Waals surface area contributed by atoms with Gasteiger partial charge in [-0.3, -0.25) is 14.8 Å². The number of anilines is 1. The predicted molar refractivity (Wildman–Crippen MR) is 160 cm³/mol. The van der Waals surface area contributed by atoms with Gasteiger partial charge >= 0.3 is 0 Å². The lowest BCUT2D eigenvalue weighted by molar-refractivity contribution is 0.221. The highest BCUT2D eigenvalue weighted by Crippen LogP contribution is 2.33. The minimum Gasteiger partial charge on any atom is -0.382 e. The first kappa shape index (κ1) is 24.4. The standard InChI is InChI=1S/C32H31N7O/c33-31-27-16-23(7-8-28(27)36-37-31)25-9-11-34-32-26(25)18-29(35-32)24-10-14-39(30(40)17-24)20-22-6-4-5-21(15-22)19-38-12-2-1-3-13-38/h4-11,14-18H,1-3,12-13,19-20H2,(H,34,35)(H3,33,36,37). The van der Waals surface area contributed by atoms with Crippen molar-refractivity contribution >= 4 is 27.8 Å². The molecule has 0 spiro atoms. The molecule has 0 amide bonds. The number of nitrogen functional groups attached to an aromatic ring is 1. The van der Waals surface area contributed by atoms with Gasteiger partial charge < -0.3 is 15.3 Å². The number of nitrogens with two attached hydrogens (primary N) is 1. The minimum absolute atomic E-state index is 0.0355. The number of nitrogens with zero attached hydrogens (tertiary/aromatic N) is 4. The van der Waals surface area contributed by atoms with Gasteiger partial charge in [-0.05, 0) is 78.5 Å². The molecular formula is C32H31N7O. The van der Waals surface area contributed by atoms with Crippen LogP contribution in [0.3, 0.4) is 0 Å². The molecule has 200 valence electrons. The second-order valence-electron chi connectivity index (χ2n) is 10.7. The highest BCUT2D eigenvalue weighted by molar-refractivity contribution is 5.99. The smallest absolute Gasteiger partial charge is 0.251 e. The van der Waals surface area contributed by atoms with Crippen LogP contribution in [0.25, 0.3) is 44.3 Å². The number of H-pyrrole nitrogens is 2. The summed E-state index contributed by atoms with van der Waals surface area (Å²) in [4.78, 5) is 23.6. The molecule has 2 aromatic carbocycles. The van der Waals surface area contributed by atoms with Crippen LogP contribution < -0.4 is 11.3 Å². The van der Waals surface area contributed by atoms with E-state index >= 15 is 0 Å². The molecule has 1 saturated heterocycles. The maximum atomic E-state index is 13.2. The number of hydrogen-bond donors (Lipinski definition) is 3. The highest BCUT2D eigenvalue weighted by Gasteiger charge is 2.13. The molecule has 7 rings (SSSR count). The predicted octanol–water partition coefficient (Wildman–Crippen LogP) is 5.55. The molecular weight excluding hydrogens is 498 g/mol. The molecule has 1 aliphatic rings. The second-order valence-corrected chi connectivity index (χ2v) is 10.7. The third-order valence-corrected chi connectivity index (χ3v) is 7.94. The van der Waals surface area contributed by atoms with E-state index in [0.29, 0.717) is 12.4 Å². The van der Waals surface area contributed by atoms with E-state index in [1.54, 1.807) is 16.8 Å². The first-order valence-electron chi connectivity index (χ1n) is 13.8. The molecule has 5 heterocycles. The van der Waals surface area contributed by atoms with Crippen molar-refractivity contribution in [1.82, 2.24) is 29.6 Å². The summed E-state index contributed by atoms with van der Waals surface area (Å²) in [7, 11) is 0. The molecule has 6 aromatic rings. The number of benzene rings is 2. The average molecular weight is 530 g/mol. The largest absolute Gasteiger partial charge is 0.382 e. The zero-order chi connectivity index (χ0) is 27.1. The number of likely N-dealkylation sites (tertiary alicyclic amines) is 1. The number of aromatic nitrogens is 5. The summed E-state index contributed by atoms with van der Waals surface area (Å²) in [6.45, 7) is 3.86. The van der Waals surface area contributed by atoms with Crippen molar-refractivity contribution in [2.45, 2.75) is 32.4 Å². The molecule has 0 atom stereocenters. The van der Waals surface area contributed by atoms with E-state index < -0.39 is 0 Å². The van der Waals surface area contributed by atoms with Crippen LogP contribution >= 0.6 is 0 Å². The topological polar surface area (TPSA) is 109 Å². The monoisotopic (exact) mass is 529 g/mol. The van der Waals surface area contributed by atoms with E-state index in [9.17, 15) is 4.79 Å². The molecule has 8 nitrogen and oxygen atoms in total. The minimum atomic E-state index is -0.0355. The third kappa shape index (κ3) is 4.67. The van der Waals surface area contributed by atoms with Crippen LogP contribution in [0.5, 0.6) is 0 Å². The van der Waals surface area contributed by atoms with Gasteiger partial charge in [0.2, 0.25) is 0 Å². The van der Waals surface area contributed by atoms with Crippen LogP contribution in [0.2, 0.25) is 0 Å². The van der Waals surface area contributed by atoms with Crippen molar-refractivity contribution in [3.63, 3.8) is 0 Å². The van der Waals surface area contributed by atoms with Crippen LogP contribution in [-0.4, -0.2) is 42.7 Å². The molecule has 4 aromatic heterocycles. The average Bonchev–Trinajstić information content (AvgIpc) is 3.58. The van der Waals surface area contributed by atoms with Gasteiger partial charge in [-0.2, -0.15) is 5.10 Å². The maximum Gasteiger partial charge on any atom is 0.251 e. The molecule has 1 aliphatic heterocycles. The Hall–Kier alpha value is -4.69. The molecule has 0 unspecified atom stereocenters. The number of hydrogen-bond acceptors (Lipinski definition) is 5. The van der Waals surface area contributed by atoms with Gasteiger partial charge in [-0.1, -0.05) is 36.8 Å². The second kappa shape index (κ2) is 10.1. The van der Waals surface area contributed by atoms with Crippen molar-refractivity contribution in [3.8, 4) is 22.4 Å². The highest BCUT2D eigenvalue weighted by atomic mass is 16.1. The molecule has 1 fully saturated rings. The zero-order valence-corrected chi connectivity index (χ0v) is 22.2. The van der Waals surface area contributed by atoms with Gasteiger partial charge in [0.25, 0.3) is 5.56 Å². The number of fused-ring (bicyclic) bond motifs is 2. The Morgan fingerprint density at radius 2 is 1.70 bits per heavy atom. The lowest BCUT2D eigenvalue weighted by Gasteiger charge is -2.26. The van der Waals surface area contributed by atoms with E-state index in [-0.39, 0.29) is 5.56 Å². The molecule has 40 heavy (non-hydrogen) atoms. The first-order chi connectivity index (χ1) is 19.6. The summed E-state index contributed by atoms with van der Waals surface area (Å²) in [5.41, 5.74) is 13.9. The van der Waals surface area contributed by atoms with Gasteiger partial charge in [-0.25, -0.2) is 4.98 Å². The molecule has 0 saturated carbocycles. The number of nitrogens with one attached hydrogen (secondary N) is 2. The van der Waals surface area contributed by atoms with Crippen molar-refractivity contribution in [1.29, 1.82) is 0 Å². The summed E-state index contributed by atoms with van der Waals surface area (Å²) < 4.78 is 1.76. The summed E-state index contributed by atoms with van der Waals surface area (Å²) >= 11 is 0. The van der Waals surface area contributed by atoms with Gasteiger partial charge in [0.05, 0.1) is 12.1 Å². The maximum absolute atomic E-state index is 13.2. The Morgan fingerprint density at radius 3 is 2.55 bits per heavy atom. The van der Waals surface area contributed by atoms with Gasteiger partial charge in [0.15, 0.2) is 5.82 Å². The fraction of sp³-hybridized carbons (Fsp3) is 0.219. The third-order valence-electron chi connectivity index (χ3n) is 7.94. The quantitative estimate of drug-likeness (QED) is 0.262. The van der Waals surface area contributed by atoms with Crippen molar-refractivity contribution < 1.29 is 0 Å². The Balaban J connectivity index is 1.15. The first-order valence-corrected chi connectivity index (χ1v) is 13.8. The SMILES string of the molecule is Nc1n[nH]c2ccc(-c3ccnc4[nH]c(-c5ccn(Cc6cccc(CN7CCCCC7)c6)c(=O)c5)cc34)cc12.